The average molecular weight is 297 g/mol. The van der Waals surface area contributed by atoms with Gasteiger partial charge < -0.3 is 4.90 Å². The van der Waals surface area contributed by atoms with Gasteiger partial charge in [-0.3, -0.25) is 0 Å². The van der Waals surface area contributed by atoms with Gasteiger partial charge in [0.2, 0.25) is 0 Å². The number of anilines is 1. The van der Waals surface area contributed by atoms with Crippen molar-refractivity contribution in [2.24, 2.45) is 0 Å². The van der Waals surface area contributed by atoms with Gasteiger partial charge in [-0.25, -0.2) is 4.98 Å². The molecule has 3 heteroatoms. The van der Waals surface area contributed by atoms with Crippen LogP contribution in [0.4, 0.5) is 5.82 Å². The Morgan fingerprint density at radius 2 is 2.24 bits per heavy atom. The molecule has 17 heavy (non-hydrogen) atoms. The van der Waals surface area contributed by atoms with Crippen LogP contribution >= 0.6 is 15.9 Å². The van der Waals surface area contributed by atoms with Crippen molar-refractivity contribution in [2.75, 3.05) is 11.4 Å². The van der Waals surface area contributed by atoms with Crippen LogP contribution in [0.25, 0.3) is 0 Å². The summed E-state index contributed by atoms with van der Waals surface area (Å²) in [5.41, 5.74) is 1.27. The summed E-state index contributed by atoms with van der Waals surface area (Å²) in [6, 6.07) is 2.72. The van der Waals surface area contributed by atoms with E-state index >= 15 is 0 Å². The molecule has 1 aliphatic rings. The molecule has 0 saturated carbocycles. The number of hydrogen-bond donors (Lipinski definition) is 0. The number of hydrogen-bond acceptors (Lipinski definition) is 2. The molecule has 0 radical (unpaired) electrons. The Kier molecular flexibility index (Phi) is 4.43. The Morgan fingerprint density at radius 3 is 3.00 bits per heavy atom. The normalized spacial score (nSPS) is 21.4. The predicted molar refractivity (Wildman–Crippen MR) is 76.6 cm³/mol. The maximum atomic E-state index is 4.58. The minimum Gasteiger partial charge on any atom is -0.353 e. The molecule has 1 unspecified atom stereocenters. The van der Waals surface area contributed by atoms with E-state index in [-0.39, 0.29) is 0 Å². The first-order chi connectivity index (χ1) is 8.24. The molecule has 2 heterocycles. The summed E-state index contributed by atoms with van der Waals surface area (Å²) in [6.45, 7) is 5.56. The van der Waals surface area contributed by atoms with Gasteiger partial charge in [-0.2, -0.15) is 0 Å². The van der Waals surface area contributed by atoms with Crippen molar-refractivity contribution < 1.29 is 0 Å². The fraction of sp³-hybridized carbons (Fsp3) is 0.643. The highest BCUT2D eigenvalue weighted by molar-refractivity contribution is 9.10. The molecule has 0 aromatic carbocycles. The number of aryl methyl sites for hydroxylation is 1. The Bertz CT molecular complexity index is 378. The fourth-order valence-corrected chi connectivity index (χ4v) is 3.07. The van der Waals surface area contributed by atoms with E-state index in [1.54, 1.807) is 0 Å². The van der Waals surface area contributed by atoms with Crippen molar-refractivity contribution in [1.29, 1.82) is 0 Å². The highest BCUT2D eigenvalue weighted by Gasteiger charge is 2.22. The van der Waals surface area contributed by atoms with Crippen molar-refractivity contribution in [3.8, 4) is 0 Å². The predicted octanol–water partition coefficient (Wildman–Crippen LogP) is 4.31. The van der Waals surface area contributed by atoms with E-state index in [2.05, 4.69) is 45.7 Å². The minimum atomic E-state index is 0.656. The Labute approximate surface area is 113 Å². The molecule has 1 saturated heterocycles. The summed E-state index contributed by atoms with van der Waals surface area (Å²) in [5.74, 6) is 1.14. The summed E-state index contributed by atoms with van der Waals surface area (Å²) in [7, 11) is 0. The summed E-state index contributed by atoms with van der Waals surface area (Å²) in [5, 5.41) is 0. The molecule has 1 atom stereocenters. The van der Waals surface area contributed by atoms with Crippen LogP contribution in [0.15, 0.2) is 16.7 Å². The first-order valence-electron chi connectivity index (χ1n) is 6.61. The van der Waals surface area contributed by atoms with Crippen LogP contribution in [-0.4, -0.2) is 17.6 Å². The van der Waals surface area contributed by atoms with Gasteiger partial charge in [0, 0.05) is 18.8 Å². The molecule has 0 N–H and O–H groups in total. The van der Waals surface area contributed by atoms with Gasteiger partial charge >= 0.3 is 0 Å². The van der Waals surface area contributed by atoms with Gasteiger partial charge in [-0.1, -0.05) is 19.8 Å². The Balaban J connectivity index is 2.31. The quantitative estimate of drug-likeness (QED) is 0.808. The topological polar surface area (TPSA) is 16.1 Å². The van der Waals surface area contributed by atoms with Gasteiger partial charge in [-0.15, -0.1) is 0 Å². The van der Waals surface area contributed by atoms with E-state index in [1.807, 2.05) is 6.20 Å². The number of rotatable bonds is 2. The van der Waals surface area contributed by atoms with E-state index in [0.717, 1.165) is 12.4 Å². The number of pyridine rings is 1. The first kappa shape index (κ1) is 12.9. The maximum absolute atomic E-state index is 4.58. The molecule has 0 aliphatic carbocycles. The Hall–Kier alpha value is -0.570. The van der Waals surface area contributed by atoms with Gasteiger partial charge in [0.15, 0.2) is 0 Å². The Morgan fingerprint density at radius 1 is 1.41 bits per heavy atom. The second kappa shape index (κ2) is 5.85. The van der Waals surface area contributed by atoms with Crippen LogP contribution in [0.3, 0.4) is 0 Å². The van der Waals surface area contributed by atoms with Gasteiger partial charge in [0.25, 0.3) is 0 Å². The summed E-state index contributed by atoms with van der Waals surface area (Å²) in [6.07, 6.45) is 8.45. The number of aromatic nitrogens is 1. The third-order valence-corrected chi connectivity index (χ3v) is 4.66. The summed E-state index contributed by atoms with van der Waals surface area (Å²) < 4.78 is 1.17. The monoisotopic (exact) mass is 296 g/mol. The number of halogens is 1. The SMILES string of the molecule is CCC1CCCCCN1c1nccc(C)c1Br. The molecule has 1 fully saturated rings. The van der Waals surface area contributed by atoms with Gasteiger partial charge in [0.05, 0.1) is 4.47 Å². The van der Waals surface area contributed by atoms with E-state index < -0.39 is 0 Å². The molecule has 0 spiro atoms. The van der Waals surface area contributed by atoms with Crippen molar-refractivity contribution in [3.63, 3.8) is 0 Å². The van der Waals surface area contributed by atoms with Gasteiger partial charge in [-0.05, 0) is 53.7 Å². The first-order valence-corrected chi connectivity index (χ1v) is 7.41. The summed E-state index contributed by atoms with van der Waals surface area (Å²) >= 11 is 3.69. The second-order valence-corrected chi connectivity index (χ2v) is 5.66. The second-order valence-electron chi connectivity index (χ2n) is 4.87. The lowest BCUT2D eigenvalue weighted by molar-refractivity contribution is 0.551. The molecule has 2 rings (SSSR count). The standard InChI is InChI=1S/C14H21BrN2/c1-3-12-7-5-4-6-10-17(12)14-13(15)11(2)8-9-16-14/h8-9,12H,3-7,10H2,1-2H3. The zero-order valence-corrected chi connectivity index (χ0v) is 12.3. The zero-order valence-electron chi connectivity index (χ0n) is 10.7. The smallest absolute Gasteiger partial charge is 0.143 e. The summed E-state index contributed by atoms with van der Waals surface area (Å²) in [4.78, 5) is 7.09. The third kappa shape index (κ3) is 2.82. The highest BCUT2D eigenvalue weighted by Crippen LogP contribution is 2.31. The van der Waals surface area contributed by atoms with Crippen LogP contribution in [-0.2, 0) is 0 Å². The fourth-order valence-electron chi connectivity index (χ4n) is 2.61. The van der Waals surface area contributed by atoms with E-state index in [9.17, 15) is 0 Å². The van der Waals surface area contributed by atoms with Crippen molar-refractivity contribution in [3.05, 3.63) is 22.3 Å². The molecule has 0 amide bonds. The maximum Gasteiger partial charge on any atom is 0.143 e. The third-order valence-electron chi connectivity index (χ3n) is 3.68. The molecule has 0 bridgehead atoms. The van der Waals surface area contributed by atoms with Crippen LogP contribution < -0.4 is 4.90 Å². The lowest BCUT2D eigenvalue weighted by Crippen LogP contribution is -2.35. The van der Waals surface area contributed by atoms with Crippen LogP contribution in [0.1, 0.15) is 44.6 Å². The van der Waals surface area contributed by atoms with Crippen LogP contribution in [0, 0.1) is 6.92 Å². The molecule has 1 aliphatic heterocycles. The lowest BCUT2D eigenvalue weighted by Gasteiger charge is -2.31. The van der Waals surface area contributed by atoms with Crippen molar-refractivity contribution >= 4 is 21.7 Å². The number of nitrogens with zero attached hydrogens (tertiary/aromatic N) is 2. The van der Waals surface area contributed by atoms with Crippen molar-refractivity contribution in [2.45, 2.75) is 52.0 Å². The van der Waals surface area contributed by atoms with Gasteiger partial charge in [0.1, 0.15) is 5.82 Å². The van der Waals surface area contributed by atoms with Crippen LogP contribution in [0.2, 0.25) is 0 Å². The molecule has 1 aromatic heterocycles. The molecule has 94 valence electrons. The average Bonchev–Trinajstić information content (AvgIpc) is 2.57. The van der Waals surface area contributed by atoms with E-state index in [4.69, 9.17) is 0 Å². The minimum absolute atomic E-state index is 0.656. The largest absolute Gasteiger partial charge is 0.353 e. The lowest BCUT2D eigenvalue weighted by atomic mass is 10.1. The van der Waals surface area contributed by atoms with Crippen LogP contribution in [0.5, 0.6) is 0 Å². The highest BCUT2D eigenvalue weighted by atomic mass is 79.9. The molecule has 2 nitrogen and oxygen atoms in total. The molecule has 1 aromatic rings. The molecular weight excluding hydrogens is 276 g/mol. The zero-order chi connectivity index (χ0) is 12.3. The molecular formula is C14H21BrN2. The van der Waals surface area contributed by atoms with E-state index in [0.29, 0.717) is 6.04 Å². The van der Waals surface area contributed by atoms with Crippen molar-refractivity contribution in [1.82, 2.24) is 4.98 Å². The van der Waals surface area contributed by atoms with E-state index in [1.165, 1.54) is 42.1 Å².